The van der Waals surface area contributed by atoms with Gasteiger partial charge in [0, 0.05) is 17.2 Å². The van der Waals surface area contributed by atoms with Gasteiger partial charge in [0.25, 0.3) is 0 Å². The van der Waals surface area contributed by atoms with Gasteiger partial charge in [0.1, 0.15) is 35.1 Å². The van der Waals surface area contributed by atoms with E-state index in [0.29, 0.717) is 11.1 Å². The fraction of sp³-hybridized carbons (Fsp3) is 0.0476. The topological polar surface area (TPSA) is 201 Å². The van der Waals surface area contributed by atoms with Crippen LogP contribution in [0.15, 0.2) is 53.5 Å². The molecule has 0 saturated heterocycles. The van der Waals surface area contributed by atoms with Crippen molar-refractivity contribution in [1.29, 1.82) is 10.5 Å². The highest BCUT2D eigenvalue weighted by Gasteiger charge is 2.31. The summed E-state index contributed by atoms with van der Waals surface area (Å²) in [5.74, 6) is 0.500. The van der Waals surface area contributed by atoms with Crippen LogP contribution in [0.3, 0.4) is 0 Å². The van der Waals surface area contributed by atoms with Gasteiger partial charge in [0.15, 0.2) is 6.19 Å². The number of aromatic nitrogens is 1. The lowest BCUT2D eigenvalue weighted by molar-refractivity contribution is -0.385. The van der Waals surface area contributed by atoms with Crippen LogP contribution in [0.4, 0.5) is 23.0 Å². The smallest absolute Gasteiger partial charge is 0.311 e. The lowest BCUT2D eigenvalue weighted by Gasteiger charge is -2.27. The molecular weight excluding hydrogens is 426 g/mol. The summed E-state index contributed by atoms with van der Waals surface area (Å²) in [6.07, 6.45) is 1.77. The first kappa shape index (κ1) is 20.9. The minimum atomic E-state index is -0.865. The molecule has 0 radical (unpaired) electrons. The Balaban J connectivity index is 1.90. The van der Waals surface area contributed by atoms with Crippen molar-refractivity contribution in [2.45, 2.75) is 6.04 Å². The lowest BCUT2D eigenvalue weighted by Crippen LogP contribution is -2.32. The zero-order chi connectivity index (χ0) is 23.5. The molecule has 162 valence electrons. The number of pyridine rings is 1. The third-order valence-electron chi connectivity index (χ3n) is 4.85. The Morgan fingerprint density at radius 2 is 1.82 bits per heavy atom. The molecule has 0 saturated carbocycles. The summed E-state index contributed by atoms with van der Waals surface area (Å²) >= 11 is 0. The van der Waals surface area contributed by atoms with Crippen molar-refractivity contribution in [2.24, 2.45) is 4.99 Å². The highest BCUT2D eigenvalue weighted by Crippen LogP contribution is 2.44. The molecule has 0 bridgehead atoms. The Morgan fingerprint density at radius 3 is 2.52 bits per heavy atom. The Hall–Kier alpha value is -5.36. The summed E-state index contributed by atoms with van der Waals surface area (Å²) in [7, 11) is 0. The van der Waals surface area contributed by atoms with Gasteiger partial charge in [0.2, 0.25) is 11.7 Å². The molecule has 12 heteroatoms. The lowest BCUT2D eigenvalue weighted by atomic mass is 9.94. The number of nitrogens with zero attached hydrogens (tertiary/aromatic N) is 5. The Labute approximate surface area is 186 Å². The van der Waals surface area contributed by atoms with Gasteiger partial charge < -0.3 is 21.5 Å². The maximum Gasteiger partial charge on any atom is 0.311 e. The van der Waals surface area contributed by atoms with Crippen molar-refractivity contribution in [1.82, 2.24) is 10.3 Å². The molecule has 3 aromatic rings. The number of ether oxygens (including phenoxy) is 1. The quantitative estimate of drug-likeness (QED) is 0.202. The van der Waals surface area contributed by atoms with Gasteiger partial charge in [-0.1, -0.05) is 30.3 Å². The third kappa shape index (κ3) is 3.75. The molecule has 1 aromatic heterocycles. The summed E-state index contributed by atoms with van der Waals surface area (Å²) in [6.45, 7) is 0. The predicted molar refractivity (Wildman–Crippen MR) is 119 cm³/mol. The van der Waals surface area contributed by atoms with Crippen molar-refractivity contribution in [3.05, 3.63) is 75.3 Å². The molecule has 0 spiro atoms. The van der Waals surface area contributed by atoms with E-state index in [9.17, 15) is 15.4 Å². The van der Waals surface area contributed by atoms with E-state index in [0.717, 1.165) is 0 Å². The van der Waals surface area contributed by atoms with Crippen molar-refractivity contribution >= 4 is 29.0 Å². The number of nitriles is 2. The number of hydrogen-bond acceptors (Lipinski definition) is 11. The maximum atomic E-state index is 11.4. The van der Waals surface area contributed by atoms with Crippen molar-refractivity contribution in [3.8, 4) is 23.8 Å². The van der Waals surface area contributed by atoms with Gasteiger partial charge in [-0.2, -0.15) is 10.5 Å². The number of anilines is 3. The van der Waals surface area contributed by atoms with E-state index in [4.69, 9.17) is 21.5 Å². The highest BCUT2D eigenvalue weighted by molar-refractivity contribution is 5.98. The van der Waals surface area contributed by atoms with E-state index < -0.39 is 11.0 Å². The molecule has 2 aromatic carbocycles. The van der Waals surface area contributed by atoms with Crippen LogP contribution < -0.4 is 26.8 Å². The molecule has 4 rings (SSSR count). The Kier molecular flexibility index (Phi) is 5.32. The zero-order valence-electron chi connectivity index (χ0n) is 16.8. The standard InChI is InChI=1S/C21H15N9O3/c22-9-12-17(24)16-18(27-21(26-10-23)29-20(16)28-19(12)25)11-5-1-3-7-14(11)33-15-8-4-2-6-13(15)30(31)32/h1-8,18H,(H6,24,25,26,27,28,29). The van der Waals surface area contributed by atoms with E-state index in [-0.39, 0.29) is 46.0 Å². The predicted octanol–water partition coefficient (Wildman–Crippen LogP) is 2.76. The largest absolute Gasteiger partial charge is 0.450 e. The van der Waals surface area contributed by atoms with Gasteiger partial charge in [-0.25, -0.2) is 9.98 Å². The second-order valence-corrected chi connectivity index (χ2v) is 6.77. The van der Waals surface area contributed by atoms with Crippen LogP contribution in [0.1, 0.15) is 22.7 Å². The number of guanidine groups is 1. The Bertz CT molecular complexity index is 1390. The molecule has 12 nitrogen and oxygen atoms in total. The first-order valence-corrected chi connectivity index (χ1v) is 9.43. The summed E-state index contributed by atoms with van der Waals surface area (Å²) in [4.78, 5) is 19.6. The molecule has 1 aliphatic rings. The number of nitrogens with two attached hydrogens (primary N) is 2. The molecule has 1 aliphatic heterocycles. The van der Waals surface area contributed by atoms with Gasteiger partial charge >= 0.3 is 5.69 Å². The van der Waals surface area contributed by atoms with E-state index in [2.05, 4.69) is 20.6 Å². The molecule has 33 heavy (non-hydrogen) atoms. The minimum Gasteiger partial charge on any atom is -0.450 e. The number of aliphatic imine (C=N–C) groups is 1. The summed E-state index contributed by atoms with van der Waals surface area (Å²) < 4.78 is 5.92. The third-order valence-corrected chi connectivity index (χ3v) is 4.85. The molecule has 0 aliphatic carbocycles. The highest BCUT2D eigenvalue weighted by atomic mass is 16.6. The molecule has 1 atom stereocenters. The number of fused-ring (bicyclic) bond motifs is 1. The number of para-hydroxylation sites is 3. The number of nitrogen functional groups attached to an aromatic ring is 2. The summed E-state index contributed by atoms with van der Waals surface area (Å²) in [5, 5.41) is 35.2. The Morgan fingerprint density at radius 1 is 1.12 bits per heavy atom. The van der Waals surface area contributed by atoms with Crippen LogP contribution in [0, 0.1) is 32.9 Å². The van der Waals surface area contributed by atoms with Crippen LogP contribution >= 0.6 is 0 Å². The number of rotatable bonds is 4. The molecule has 0 amide bonds. The molecule has 2 heterocycles. The summed E-state index contributed by atoms with van der Waals surface area (Å²) in [5.41, 5.74) is 12.8. The number of nitro benzene ring substituents is 1. The van der Waals surface area contributed by atoms with E-state index in [1.807, 2.05) is 6.07 Å². The van der Waals surface area contributed by atoms with E-state index >= 15 is 0 Å². The van der Waals surface area contributed by atoms with Gasteiger partial charge in [-0.05, 0) is 12.1 Å². The fourth-order valence-corrected chi connectivity index (χ4v) is 3.42. The van der Waals surface area contributed by atoms with Crippen LogP contribution in [0.5, 0.6) is 11.5 Å². The monoisotopic (exact) mass is 441 g/mol. The molecular formula is C21H15N9O3. The molecule has 1 unspecified atom stereocenters. The van der Waals surface area contributed by atoms with Crippen LogP contribution in [-0.4, -0.2) is 15.9 Å². The normalized spacial score (nSPS) is 14.0. The van der Waals surface area contributed by atoms with E-state index in [1.165, 1.54) is 18.2 Å². The van der Waals surface area contributed by atoms with E-state index in [1.54, 1.807) is 36.5 Å². The second kappa shape index (κ2) is 8.41. The second-order valence-electron chi connectivity index (χ2n) is 6.77. The number of hydrogen-bond donors (Lipinski definition) is 4. The van der Waals surface area contributed by atoms with Crippen LogP contribution in [-0.2, 0) is 0 Å². The average Bonchev–Trinajstić information content (AvgIpc) is 2.79. The SMILES string of the molecule is N#CNC1=NC(c2ccccc2Oc2ccccc2[N+](=O)[O-])c2c(nc(N)c(C#N)c2N)N1. The number of nitro groups is 1. The average molecular weight is 441 g/mol. The first-order valence-electron chi connectivity index (χ1n) is 9.43. The van der Waals surface area contributed by atoms with Gasteiger partial charge in [0.05, 0.1) is 10.6 Å². The van der Waals surface area contributed by atoms with Crippen molar-refractivity contribution in [3.63, 3.8) is 0 Å². The molecule has 0 fully saturated rings. The molecule has 6 N–H and O–H groups in total. The van der Waals surface area contributed by atoms with Crippen LogP contribution in [0.2, 0.25) is 0 Å². The summed E-state index contributed by atoms with van der Waals surface area (Å²) in [6, 6.07) is 13.7. The minimum absolute atomic E-state index is 0.00969. The first-order chi connectivity index (χ1) is 15.9. The number of nitrogens with one attached hydrogen (secondary N) is 2. The number of benzene rings is 2. The van der Waals surface area contributed by atoms with Crippen molar-refractivity contribution < 1.29 is 9.66 Å². The van der Waals surface area contributed by atoms with Gasteiger partial charge in [-0.15, -0.1) is 0 Å². The fourth-order valence-electron chi connectivity index (χ4n) is 3.42. The van der Waals surface area contributed by atoms with Gasteiger partial charge in [-0.3, -0.25) is 15.4 Å². The maximum absolute atomic E-state index is 11.4. The zero-order valence-corrected chi connectivity index (χ0v) is 16.8. The van der Waals surface area contributed by atoms with Crippen LogP contribution in [0.25, 0.3) is 0 Å². The van der Waals surface area contributed by atoms with Crippen molar-refractivity contribution in [2.75, 3.05) is 16.8 Å².